The SMILES string of the molecule is C=C/C=C\C=C(/N)c1ccc(N2C(=O)c3[nH]nc(C(C)(C)C)c3C2c2ccccc2OC)cc1. The van der Waals surface area contributed by atoms with Gasteiger partial charge in [-0.15, -0.1) is 0 Å². The minimum absolute atomic E-state index is 0.126. The Morgan fingerprint density at radius 3 is 2.50 bits per heavy atom. The highest BCUT2D eigenvalue weighted by atomic mass is 16.5. The van der Waals surface area contributed by atoms with Crippen molar-refractivity contribution in [3.63, 3.8) is 0 Å². The fraction of sp³-hybridized carbons (Fsp3) is 0.214. The maximum Gasteiger partial charge on any atom is 0.277 e. The largest absolute Gasteiger partial charge is 0.496 e. The third-order valence-corrected chi connectivity index (χ3v) is 5.91. The zero-order chi connectivity index (χ0) is 24.5. The molecule has 1 aliphatic rings. The Morgan fingerprint density at radius 1 is 1.15 bits per heavy atom. The number of nitrogens with two attached hydrogens (primary N) is 1. The van der Waals surface area contributed by atoms with E-state index in [4.69, 9.17) is 10.5 Å². The quantitative estimate of drug-likeness (QED) is 0.481. The second-order valence-electron chi connectivity index (χ2n) is 9.22. The number of H-pyrrole nitrogens is 1. The molecular formula is C28H30N4O2. The lowest BCUT2D eigenvalue weighted by Crippen LogP contribution is -2.30. The van der Waals surface area contributed by atoms with Crippen molar-refractivity contribution in [2.75, 3.05) is 12.0 Å². The topological polar surface area (TPSA) is 84.2 Å². The number of carbonyl (C=O) groups excluding carboxylic acids is 1. The number of para-hydroxylation sites is 1. The number of fused-ring (bicyclic) bond motifs is 1. The number of aromatic nitrogens is 2. The Hall–Kier alpha value is -4.06. The van der Waals surface area contributed by atoms with Gasteiger partial charge in [-0.3, -0.25) is 14.8 Å². The summed E-state index contributed by atoms with van der Waals surface area (Å²) in [6, 6.07) is 15.1. The molecule has 0 aliphatic carbocycles. The van der Waals surface area contributed by atoms with Crippen molar-refractivity contribution in [3.8, 4) is 5.75 Å². The molecule has 0 fully saturated rings. The molecule has 0 spiro atoms. The maximum atomic E-state index is 13.7. The van der Waals surface area contributed by atoms with E-state index in [0.29, 0.717) is 11.4 Å². The first-order chi connectivity index (χ1) is 16.3. The second-order valence-corrected chi connectivity index (χ2v) is 9.22. The predicted molar refractivity (Wildman–Crippen MR) is 137 cm³/mol. The van der Waals surface area contributed by atoms with E-state index in [2.05, 4.69) is 37.5 Å². The molecule has 0 radical (unpaired) electrons. The van der Waals surface area contributed by atoms with Crippen LogP contribution in [0.25, 0.3) is 5.70 Å². The van der Waals surface area contributed by atoms with Crippen LogP contribution in [0.1, 0.15) is 59.7 Å². The van der Waals surface area contributed by atoms with Gasteiger partial charge in [-0.2, -0.15) is 5.10 Å². The van der Waals surface area contributed by atoms with Gasteiger partial charge in [-0.1, -0.05) is 75.9 Å². The second kappa shape index (κ2) is 9.06. The van der Waals surface area contributed by atoms with Gasteiger partial charge in [0.05, 0.1) is 18.8 Å². The highest BCUT2D eigenvalue weighted by molar-refractivity contribution is 6.11. The van der Waals surface area contributed by atoms with Crippen LogP contribution in [-0.2, 0) is 5.41 Å². The molecular weight excluding hydrogens is 424 g/mol. The van der Waals surface area contributed by atoms with Crippen molar-refractivity contribution >= 4 is 17.3 Å². The van der Waals surface area contributed by atoms with Crippen LogP contribution < -0.4 is 15.4 Å². The summed E-state index contributed by atoms with van der Waals surface area (Å²) in [5.74, 6) is 0.594. The smallest absolute Gasteiger partial charge is 0.277 e. The molecule has 1 aliphatic heterocycles. The molecule has 3 N–H and O–H groups in total. The number of rotatable bonds is 6. The lowest BCUT2D eigenvalue weighted by atomic mass is 9.85. The first-order valence-corrected chi connectivity index (χ1v) is 11.2. The van der Waals surface area contributed by atoms with Crippen molar-refractivity contribution in [1.82, 2.24) is 10.2 Å². The molecule has 6 nitrogen and oxygen atoms in total. The summed E-state index contributed by atoms with van der Waals surface area (Å²) in [5, 5.41) is 7.55. The summed E-state index contributed by atoms with van der Waals surface area (Å²) in [6.45, 7) is 9.95. The Labute approximate surface area is 200 Å². The molecule has 1 atom stereocenters. The third-order valence-electron chi connectivity index (χ3n) is 5.91. The van der Waals surface area contributed by atoms with E-state index < -0.39 is 0 Å². The van der Waals surface area contributed by atoms with Crippen LogP contribution in [0.15, 0.2) is 79.4 Å². The fourth-order valence-corrected chi connectivity index (χ4v) is 4.32. The van der Waals surface area contributed by atoms with Crippen LogP contribution in [0.2, 0.25) is 0 Å². The highest BCUT2D eigenvalue weighted by Gasteiger charge is 2.45. The van der Waals surface area contributed by atoms with Crippen molar-refractivity contribution in [2.45, 2.75) is 32.2 Å². The van der Waals surface area contributed by atoms with E-state index in [9.17, 15) is 4.79 Å². The Morgan fingerprint density at radius 2 is 1.85 bits per heavy atom. The number of benzene rings is 2. The van der Waals surface area contributed by atoms with Crippen LogP contribution in [0.5, 0.6) is 5.75 Å². The molecule has 0 bridgehead atoms. The van der Waals surface area contributed by atoms with Gasteiger partial charge in [0.2, 0.25) is 0 Å². The van der Waals surface area contributed by atoms with Crippen LogP contribution in [0.3, 0.4) is 0 Å². The maximum absolute atomic E-state index is 13.7. The summed E-state index contributed by atoms with van der Waals surface area (Å²) in [4.78, 5) is 15.5. The van der Waals surface area contributed by atoms with Crippen LogP contribution in [-0.4, -0.2) is 23.2 Å². The molecule has 4 rings (SSSR count). The average Bonchev–Trinajstić information content (AvgIpc) is 3.38. The number of hydrogen-bond acceptors (Lipinski definition) is 4. The van der Waals surface area contributed by atoms with Gasteiger partial charge in [-0.25, -0.2) is 0 Å². The number of anilines is 1. The number of aromatic amines is 1. The van der Waals surface area contributed by atoms with E-state index in [0.717, 1.165) is 33.8 Å². The zero-order valence-corrected chi connectivity index (χ0v) is 20.0. The van der Waals surface area contributed by atoms with Crippen molar-refractivity contribution in [1.29, 1.82) is 0 Å². The lowest BCUT2D eigenvalue weighted by molar-refractivity contribution is 0.0988. The Kier molecular flexibility index (Phi) is 6.16. The van der Waals surface area contributed by atoms with Gasteiger partial charge in [0.1, 0.15) is 11.4 Å². The molecule has 1 amide bonds. The monoisotopic (exact) mass is 454 g/mol. The van der Waals surface area contributed by atoms with Crippen LogP contribution >= 0.6 is 0 Å². The first kappa shape index (κ1) is 23.1. The number of ether oxygens (including phenoxy) is 1. The van der Waals surface area contributed by atoms with Gasteiger partial charge >= 0.3 is 0 Å². The van der Waals surface area contributed by atoms with Crippen molar-refractivity contribution < 1.29 is 9.53 Å². The Bertz CT molecular complexity index is 1280. The number of methoxy groups -OCH3 is 1. The van der Waals surface area contributed by atoms with Gasteiger partial charge in [0, 0.05) is 27.9 Å². The van der Waals surface area contributed by atoms with Crippen LogP contribution in [0, 0.1) is 0 Å². The molecule has 1 aromatic heterocycles. The van der Waals surface area contributed by atoms with Crippen molar-refractivity contribution in [3.05, 3.63) is 107 Å². The lowest BCUT2D eigenvalue weighted by Gasteiger charge is -2.29. The van der Waals surface area contributed by atoms with Gasteiger partial charge in [0.15, 0.2) is 0 Å². The highest BCUT2D eigenvalue weighted by Crippen LogP contribution is 2.47. The number of hydrogen-bond donors (Lipinski definition) is 2. The summed E-state index contributed by atoms with van der Waals surface area (Å²) in [6.07, 6.45) is 7.17. The summed E-state index contributed by atoms with van der Waals surface area (Å²) >= 11 is 0. The van der Waals surface area contributed by atoms with E-state index in [1.807, 2.05) is 66.8 Å². The Balaban J connectivity index is 1.84. The molecule has 2 heterocycles. The molecule has 1 unspecified atom stereocenters. The standard InChI is InChI=1S/C28H30N4O2/c1-6-7-8-12-21(29)18-14-16-19(17-15-18)32-25(20-11-9-10-13-22(20)34-5)23-24(27(32)33)30-31-26(23)28(2,3)4/h6-17,25H,1,29H2,2-5H3,(H,30,31)/b8-7-,21-12-. The van der Waals surface area contributed by atoms with Crippen LogP contribution in [0.4, 0.5) is 5.69 Å². The van der Waals surface area contributed by atoms with E-state index >= 15 is 0 Å². The summed E-state index contributed by atoms with van der Waals surface area (Å²) < 4.78 is 5.69. The van der Waals surface area contributed by atoms with Gasteiger partial charge in [0.25, 0.3) is 5.91 Å². The van der Waals surface area contributed by atoms with Gasteiger partial charge < -0.3 is 10.5 Å². The number of carbonyl (C=O) groups is 1. The normalized spacial score (nSPS) is 16.2. The third kappa shape index (κ3) is 4.03. The number of allylic oxidation sites excluding steroid dienone is 4. The zero-order valence-electron chi connectivity index (χ0n) is 20.0. The van der Waals surface area contributed by atoms with E-state index in [1.54, 1.807) is 18.1 Å². The number of nitrogens with zero attached hydrogens (tertiary/aromatic N) is 2. The molecule has 34 heavy (non-hydrogen) atoms. The molecule has 0 saturated carbocycles. The number of amides is 1. The number of nitrogens with one attached hydrogen (secondary N) is 1. The summed E-state index contributed by atoms with van der Waals surface area (Å²) in [7, 11) is 1.64. The van der Waals surface area contributed by atoms with E-state index in [1.165, 1.54) is 0 Å². The van der Waals surface area contributed by atoms with Gasteiger partial charge in [-0.05, 0) is 29.8 Å². The molecule has 0 saturated heterocycles. The fourth-order valence-electron chi connectivity index (χ4n) is 4.32. The first-order valence-electron chi connectivity index (χ1n) is 11.2. The molecule has 2 aromatic carbocycles. The molecule has 6 heteroatoms. The summed E-state index contributed by atoms with van der Waals surface area (Å²) in [5.41, 5.74) is 11.4. The average molecular weight is 455 g/mol. The predicted octanol–water partition coefficient (Wildman–Crippen LogP) is 5.51. The minimum atomic E-state index is -0.374. The van der Waals surface area contributed by atoms with E-state index in [-0.39, 0.29) is 17.4 Å². The minimum Gasteiger partial charge on any atom is -0.496 e. The molecule has 3 aromatic rings. The molecule has 174 valence electrons. The van der Waals surface area contributed by atoms with Crippen molar-refractivity contribution in [2.24, 2.45) is 5.73 Å².